The number of aromatic nitrogens is 5. The third-order valence-electron chi connectivity index (χ3n) is 6.48. The number of H-pyrrole nitrogens is 1. The number of fused-ring (bicyclic) bond motifs is 1. The Bertz CT molecular complexity index is 1520. The average Bonchev–Trinajstić information content (AvgIpc) is 3.71. The van der Waals surface area contributed by atoms with Crippen molar-refractivity contribution >= 4 is 10.9 Å². The first-order valence-electron chi connectivity index (χ1n) is 12.4. The molecule has 1 N–H and O–H groups in total. The van der Waals surface area contributed by atoms with Gasteiger partial charge in [-0.3, -0.25) is 9.69 Å². The van der Waals surface area contributed by atoms with E-state index in [-0.39, 0.29) is 11.6 Å². The molecule has 0 amide bonds. The predicted molar refractivity (Wildman–Crippen MR) is 139 cm³/mol. The fraction of sp³-hybridized carbons (Fsp3) is 0.333. The third kappa shape index (κ3) is 5.32. The normalized spacial score (nSPS) is 12.3. The molecule has 0 saturated heterocycles. The van der Waals surface area contributed by atoms with Gasteiger partial charge in [0.2, 0.25) is 0 Å². The molecule has 1 atom stereocenters. The van der Waals surface area contributed by atoms with Crippen LogP contribution in [0.4, 0.5) is 0 Å². The minimum Gasteiger partial charge on any atom is -0.493 e. The maximum absolute atomic E-state index is 13.2. The smallest absolute Gasteiger partial charge is 0.252 e. The van der Waals surface area contributed by atoms with Crippen LogP contribution in [0.1, 0.15) is 48.7 Å². The Morgan fingerprint density at radius 2 is 1.76 bits per heavy atom. The van der Waals surface area contributed by atoms with Crippen molar-refractivity contribution in [2.45, 2.75) is 45.4 Å². The third-order valence-corrected chi connectivity index (χ3v) is 6.48. The van der Waals surface area contributed by atoms with Crippen LogP contribution < -0.4 is 15.0 Å². The molecule has 4 heterocycles. The number of hydrogen-bond donors (Lipinski definition) is 1. The maximum Gasteiger partial charge on any atom is 0.252 e. The number of methoxy groups -OCH3 is 2. The zero-order chi connectivity index (χ0) is 26.5. The lowest BCUT2D eigenvalue weighted by Gasteiger charge is -2.30. The molecule has 4 aromatic heterocycles. The summed E-state index contributed by atoms with van der Waals surface area (Å²) in [5.41, 5.74) is 1.09. The first-order valence-corrected chi connectivity index (χ1v) is 12.4. The summed E-state index contributed by atoms with van der Waals surface area (Å²) in [5, 5.41) is 13.4. The zero-order valence-electron chi connectivity index (χ0n) is 21.6. The number of ether oxygens (including phenoxy) is 2. The fourth-order valence-corrected chi connectivity index (χ4v) is 4.65. The Morgan fingerprint density at radius 3 is 2.45 bits per heavy atom. The van der Waals surface area contributed by atoms with E-state index in [0.29, 0.717) is 48.0 Å². The number of furan rings is 2. The van der Waals surface area contributed by atoms with Crippen molar-refractivity contribution < 1.29 is 18.3 Å². The van der Waals surface area contributed by atoms with Gasteiger partial charge in [0.1, 0.15) is 18.1 Å². The molecule has 38 heavy (non-hydrogen) atoms. The van der Waals surface area contributed by atoms with E-state index in [9.17, 15) is 4.79 Å². The number of hydrogen-bond acceptors (Lipinski definition) is 9. The first kappa shape index (κ1) is 25.3. The van der Waals surface area contributed by atoms with Crippen molar-refractivity contribution in [3.63, 3.8) is 0 Å². The van der Waals surface area contributed by atoms with Crippen LogP contribution in [0.3, 0.4) is 0 Å². The molecular weight excluding hydrogens is 488 g/mol. The highest BCUT2D eigenvalue weighted by atomic mass is 16.5. The molecule has 11 heteroatoms. The molecule has 5 aromatic rings. The Kier molecular flexibility index (Phi) is 7.55. The molecule has 0 fully saturated rings. The number of nitrogens with zero attached hydrogens (tertiary/aromatic N) is 5. The molecule has 11 nitrogen and oxygen atoms in total. The molecule has 0 bridgehead atoms. The Hall–Kier alpha value is -4.38. The van der Waals surface area contributed by atoms with E-state index in [1.807, 2.05) is 36.4 Å². The van der Waals surface area contributed by atoms with Gasteiger partial charge in [-0.1, -0.05) is 13.3 Å². The van der Waals surface area contributed by atoms with Crippen molar-refractivity contribution in [3.8, 4) is 11.5 Å². The lowest BCUT2D eigenvalue weighted by molar-refractivity contribution is 0.144. The van der Waals surface area contributed by atoms with Gasteiger partial charge in [-0.15, -0.1) is 5.10 Å². The van der Waals surface area contributed by atoms with Gasteiger partial charge in [0.15, 0.2) is 17.3 Å². The molecule has 198 valence electrons. The van der Waals surface area contributed by atoms with Crippen LogP contribution in [0.2, 0.25) is 0 Å². The number of pyridine rings is 1. The molecule has 0 aliphatic heterocycles. The molecule has 0 spiro atoms. The summed E-state index contributed by atoms with van der Waals surface area (Å²) in [4.78, 5) is 18.4. The van der Waals surface area contributed by atoms with Gasteiger partial charge < -0.3 is 23.3 Å². The van der Waals surface area contributed by atoms with Crippen molar-refractivity contribution in [2.75, 3.05) is 14.2 Å². The van der Waals surface area contributed by atoms with Crippen LogP contribution in [-0.4, -0.2) is 44.3 Å². The van der Waals surface area contributed by atoms with Gasteiger partial charge in [0.05, 0.1) is 44.8 Å². The second-order valence-corrected chi connectivity index (χ2v) is 8.98. The predicted octanol–water partition coefficient (Wildman–Crippen LogP) is 4.31. The van der Waals surface area contributed by atoms with Gasteiger partial charge in [-0.2, -0.15) is 0 Å². The van der Waals surface area contributed by atoms with E-state index in [0.717, 1.165) is 29.7 Å². The summed E-state index contributed by atoms with van der Waals surface area (Å²) >= 11 is 0. The van der Waals surface area contributed by atoms with Crippen LogP contribution in [-0.2, 0) is 19.6 Å². The van der Waals surface area contributed by atoms with E-state index in [4.69, 9.17) is 18.3 Å². The van der Waals surface area contributed by atoms with Crippen LogP contribution in [0.25, 0.3) is 10.9 Å². The van der Waals surface area contributed by atoms with Crippen LogP contribution in [0.15, 0.2) is 68.6 Å². The maximum atomic E-state index is 13.2. The Balaban J connectivity index is 1.53. The van der Waals surface area contributed by atoms with Gasteiger partial charge >= 0.3 is 0 Å². The van der Waals surface area contributed by atoms with E-state index >= 15 is 0 Å². The lowest BCUT2D eigenvalue weighted by atomic mass is 10.1. The van der Waals surface area contributed by atoms with E-state index in [2.05, 4.69) is 32.3 Å². The molecule has 0 saturated carbocycles. The number of nitrogens with one attached hydrogen (secondary N) is 1. The summed E-state index contributed by atoms with van der Waals surface area (Å²) < 4.78 is 23.8. The quantitative estimate of drug-likeness (QED) is 0.257. The molecule has 1 aromatic carbocycles. The summed E-state index contributed by atoms with van der Waals surface area (Å²) in [7, 11) is 3.15. The highest BCUT2D eigenvalue weighted by molar-refractivity contribution is 5.83. The highest BCUT2D eigenvalue weighted by Gasteiger charge is 2.28. The van der Waals surface area contributed by atoms with Crippen molar-refractivity contribution in [1.29, 1.82) is 0 Å². The topological polar surface area (TPSA) is 124 Å². The second-order valence-electron chi connectivity index (χ2n) is 8.98. The van der Waals surface area contributed by atoms with E-state index < -0.39 is 0 Å². The minimum absolute atomic E-state index is 0.181. The molecule has 0 radical (unpaired) electrons. The van der Waals surface area contributed by atoms with Gasteiger partial charge in [0, 0.05) is 23.6 Å². The largest absolute Gasteiger partial charge is 0.493 e. The van der Waals surface area contributed by atoms with Crippen LogP contribution in [0, 0.1) is 0 Å². The van der Waals surface area contributed by atoms with Crippen molar-refractivity contribution in [1.82, 2.24) is 30.1 Å². The van der Waals surface area contributed by atoms with E-state index in [1.54, 1.807) is 37.5 Å². The van der Waals surface area contributed by atoms with Crippen LogP contribution in [0.5, 0.6) is 11.5 Å². The standard InChI is InChI=1S/C27H30N6O5/c1-4-7-23(26-29-30-31-33(26)17-21-9-6-11-38-21)32(16-20-8-5-10-37-20)15-19-12-18-13-24(35-2)25(36-3)14-22(18)28-27(19)34/h5-6,8-14,23H,4,7,15-17H2,1-3H3,(H,28,34)/t23-/m0/s1. The fourth-order valence-electron chi connectivity index (χ4n) is 4.65. The summed E-state index contributed by atoms with van der Waals surface area (Å²) in [5.74, 6) is 3.36. The van der Waals surface area contributed by atoms with Crippen molar-refractivity contribution in [3.05, 3.63) is 88.3 Å². The average molecular weight is 519 g/mol. The number of tetrazole rings is 1. The Labute approximate surface area is 219 Å². The number of aromatic amines is 1. The molecular formula is C27H30N6O5. The van der Waals surface area contributed by atoms with Crippen molar-refractivity contribution in [2.24, 2.45) is 0 Å². The van der Waals surface area contributed by atoms with Gasteiger partial charge in [-0.25, -0.2) is 4.68 Å². The monoisotopic (exact) mass is 518 g/mol. The molecule has 5 rings (SSSR count). The van der Waals surface area contributed by atoms with Gasteiger partial charge in [0.25, 0.3) is 5.56 Å². The summed E-state index contributed by atoms with van der Waals surface area (Å²) in [6, 6.07) is 12.8. The number of benzene rings is 1. The highest BCUT2D eigenvalue weighted by Crippen LogP contribution is 2.32. The Morgan fingerprint density at radius 1 is 1.03 bits per heavy atom. The van der Waals surface area contributed by atoms with Gasteiger partial charge in [-0.05, 0) is 53.2 Å². The molecule has 0 unspecified atom stereocenters. The number of rotatable bonds is 12. The second kappa shape index (κ2) is 11.3. The lowest BCUT2D eigenvalue weighted by Crippen LogP contribution is -2.32. The molecule has 0 aliphatic carbocycles. The zero-order valence-corrected chi connectivity index (χ0v) is 21.6. The van der Waals surface area contributed by atoms with Crippen LogP contribution >= 0.6 is 0 Å². The summed E-state index contributed by atoms with van der Waals surface area (Å²) in [6.07, 6.45) is 4.93. The molecule has 0 aliphatic rings. The summed E-state index contributed by atoms with van der Waals surface area (Å²) in [6.45, 7) is 3.33. The minimum atomic E-state index is -0.185. The first-order chi connectivity index (χ1) is 18.6. The van der Waals surface area contributed by atoms with E-state index in [1.165, 1.54) is 0 Å². The SMILES string of the molecule is CCC[C@@H](c1nnnn1Cc1ccco1)N(Cc1ccco1)Cc1cc2cc(OC)c(OC)cc2[nH]c1=O.